The van der Waals surface area contributed by atoms with Crippen LogP contribution in [0.3, 0.4) is 0 Å². The average molecular weight is 299 g/mol. The molecular weight excluding hydrogens is 266 g/mol. The van der Waals surface area contributed by atoms with Crippen LogP contribution in [0.5, 0.6) is 0 Å². The molecule has 0 aromatic rings. The van der Waals surface area contributed by atoms with E-state index in [2.05, 4.69) is 36.4 Å². The van der Waals surface area contributed by atoms with Gasteiger partial charge in [0, 0.05) is 24.7 Å². The van der Waals surface area contributed by atoms with E-state index in [9.17, 15) is 4.79 Å². The molecule has 0 spiro atoms. The van der Waals surface area contributed by atoms with Crippen LogP contribution in [0.4, 0.5) is 4.79 Å². The van der Waals surface area contributed by atoms with Gasteiger partial charge in [-0.2, -0.15) is 0 Å². The zero-order valence-corrected chi connectivity index (χ0v) is 14.5. The third-order valence-corrected chi connectivity index (χ3v) is 4.07. The Morgan fingerprint density at radius 2 is 2.10 bits per heavy atom. The summed E-state index contributed by atoms with van der Waals surface area (Å²) in [6.07, 6.45) is 2.91. The van der Waals surface area contributed by atoms with E-state index in [4.69, 9.17) is 4.74 Å². The Morgan fingerprint density at radius 3 is 2.62 bits per heavy atom. The summed E-state index contributed by atoms with van der Waals surface area (Å²) in [6, 6.07) is 1.29. The summed E-state index contributed by atoms with van der Waals surface area (Å²) in [6.45, 7) is 11.9. The summed E-state index contributed by atoms with van der Waals surface area (Å²) in [4.78, 5) is 14.2. The maximum Gasteiger partial charge on any atom is 0.407 e. The smallest absolute Gasteiger partial charge is 0.407 e. The van der Waals surface area contributed by atoms with E-state index in [0.717, 1.165) is 19.5 Å². The monoisotopic (exact) mass is 299 g/mol. The highest BCUT2D eigenvalue weighted by molar-refractivity contribution is 5.68. The predicted octanol–water partition coefficient (Wildman–Crippen LogP) is 2.36. The van der Waals surface area contributed by atoms with Crippen molar-refractivity contribution in [1.82, 2.24) is 15.5 Å². The van der Waals surface area contributed by atoms with Crippen LogP contribution in [-0.2, 0) is 4.74 Å². The number of hydrogen-bond acceptors (Lipinski definition) is 4. The summed E-state index contributed by atoms with van der Waals surface area (Å²) in [7, 11) is 2.18. The van der Waals surface area contributed by atoms with E-state index in [-0.39, 0.29) is 12.1 Å². The van der Waals surface area contributed by atoms with Crippen molar-refractivity contribution in [2.24, 2.45) is 0 Å². The Balaban J connectivity index is 2.32. The molecule has 0 aliphatic carbocycles. The number of likely N-dealkylation sites (tertiary alicyclic amines) is 1. The summed E-state index contributed by atoms with van der Waals surface area (Å²) in [5.41, 5.74) is -0.445. The van der Waals surface area contributed by atoms with Crippen LogP contribution in [0.2, 0.25) is 0 Å². The second kappa shape index (κ2) is 7.99. The van der Waals surface area contributed by atoms with Gasteiger partial charge in [-0.1, -0.05) is 6.92 Å². The lowest BCUT2D eigenvalue weighted by molar-refractivity contribution is 0.0500. The molecule has 0 bridgehead atoms. The number of alkyl carbamates (subject to hydrolysis) is 1. The molecule has 0 aromatic carbocycles. The van der Waals surface area contributed by atoms with E-state index >= 15 is 0 Å². The van der Waals surface area contributed by atoms with Gasteiger partial charge in [0.05, 0.1) is 0 Å². The molecule has 21 heavy (non-hydrogen) atoms. The summed E-state index contributed by atoms with van der Waals surface area (Å²) in [5, 5.41) is 6.54. The van der Waals surface area contributed by atoms with Gasteiger partial charge in [-0.05, 0) is 60.5 Å². The first-order chi connectivity index (χ1) is 9.71. The van der Waals surface area contributed by atoms with Gasteiger partial charge in [0.1, 0.15) is 5.60 Å². The van der Waals surface area contributed by atoms with Crippen molar-refractivity contribution in [1.29, 1.82) is 0 Å². The lowest BCUT2D eigenvalue weighted by Gasteiger charge is -2.36. The lowest BCUT2D eigenvalue weighted by atomic mass is 9.98. The van der Waals surface area contributed by atoms with Crippen molar-refractivity contribution in [2.45, 2.75) is 77.6 Å². The van der Waals surface area contributed by atoms with Crippen LogP contribution in [-0.4, -0.2) is 54.9 Å². The fourth-order valence-electron chi connectivity index (χ4n) is 2.56. The molecule has 1 heterocycles. The summed E-state index contributed by atoms with van der Waals surface area (Å²) < 4.78 is 5.31. The van der Waals surface area contributed by atoms with E-state index in [1.165, 1.54) is 12.8 Å². The lowest BCUT2D eigenvalue weighted by Crippen LogP contribution is -2.50. The molecule has 124 valence electrons. The van der Waals surface area contributed by atoms with E-state index in [1.807, 2.05) is 20.8 Å². The van der Waals surface area contributed by atoms with E-state index < -0.39 is 5.60 Å². The van der Waals surface area contributed by atoms with E-state index in [0.29, 0.717) is 12.1 Å². The van der Waals surface area contributed by atoms with Gasteiger partial charge in [0.2, 0.25) is 0 Å². The molecule has 1 saturated heterocycles. The number of hydrogen-bond donors (Lipinski definition) is 2. The Labute approximate surface area is 129 Å². The largest absolute Gasteiger partial charge is 0.444 e. The predicted molar refractivity (Wildman–Crippen MR) is 86.6 cm³/mol. The zero-order chi connectivity index (χ0) is 16.0. The topological polar surface area (TPSA) is 53.6 Å². The number of amides is 1. The summed E-state index contributed by atoms with van der Waals surface area (Å²) in [5.74, 6) is 0. The van der Waals surface area contributed by atoms with E-state index in [1.54, 1.807) is 0 Å². The van der Waals surface area contributed by atoms with Crippen molar-refractivity contribution >= 4 is 6.09 Å². The van der Waals surface area contributed by atoms with Gasteiger partial charge in [-0.3, -0.25) is 0 Å². The Kier molecular flexibility index (Phi) is 6.94. The maximum atomic E-state index is 11.8. The zero-order valence-electron chi connectivity index (χ0n) is 14.5. The number of carbonyl (C=O) groups is 1. The highest BCUT2D eigenvalue weighted by Crippen LogP contribution is 2.15. The minimum Gasteiger partial charge on any atom is -0.444 e. The number of nitrogens with zero attached hydrogens (tertiary/aromatic N) is 1. The van der Waals surface area contributed by atoms with Crippen molar-refractivity contribution in [3.63, 3.8) is 0 Å². The fraction of sp³-hybridized carbons (Fsp3) is 0.938. The molecule has 2 N–H and O–H groups in total. The molecule has 0 aromatic heterocycles. The van der Waals surface area contributed by atoms with Crippen LogP contribution in [0.15, 0.2) is 0 Å². The minimum atomic E-state index is -0.445. The third-order valence-electron chi connectivity index (χ3n) is 4.07. The minimum absolute atomic E-state index is 0.120. The van der Waals surface area contributed by atoms with Crippen LogP contribution in [0.25, 0.3) is 0 Å². The Morgan fingerprint density at radius 1 is 1.43 bits per heavy atom. The SMILES string of the molecule is CCC(CNC1CCN(C)C(C)C1)NC(=O)OC(C)(C)C. The normalized spacial score (nSPS) is 25.4. The van der Waals surface area contributed by atoms with Crippen LogP contribution < -0.4 is 10.6 Å². The molecule has 0 saturated carbocycles. The highest BCUT2D eigenvalue weighted by Gasteiger charge is 2.24. The fourth-order valence-corrected chi connectivity index (χ4v) is 2.56. The van der Waals surface area contributed by atoms with Crippen molar-refractivity contribution in [2.75, 3.05) is 20.1 Å². The first-order valence-corrected chi connectivity index (χ1v) is 8.14. The Bertz CT molecular complexity index is 328. The maximum absolute atomic E-state index is 11.8. The first kappa shape index (κ1) is 18.2. The molecule has 3 unspecified atom stereocenters. The number of rotatable bonds is 5. The quantitative estimate of drug-likeness (QED) is 0.818. The molecule has 1 rings (SSSR count). The molecule has 5 heteroatoms. The second-order valence-corrected chi connectivity index (χ2v) is 7.21. The molecule has 1 amide bonds. The number of piperidine rings is 1. The molecule has 1 aliphatic heterocycles. The van der Waals surface area contributed by atoms with Gasteiger partial charge in [0.25, 0.3) is 0 Å². The van der Waals surface area contributed by atoms with Gasteiger partial charge >= 0.3 is 6.09 Å². The molecule has 0 radical (unpaired) electrons. The van der Waals surface area contributed by atoms with Gasteiger partial charge in [0.15, 0.2) is 0 Å². The Hall–Kier alpha value is -0.810. The molecule has 1 fully saturated rings. The molecular formula is C16H33N3O2. The number of nitrogens with one attached hydrogen (secondary N) is 2. The summed E-state index contributed by atoms with van der Waals surface area (Å²) >= 11 is 0. The number of carbonyl (C=O) groups excluding carboxylic acids is 1. The molecule has 3 atom stereocenters. The van der Waals surface area contributed by atoms with Crippen LogP contribution >= 0.6 is 0 Å². The second-order valence-electron chi connectivity index (χ2n) is 7.21. The molecule has 1 aliphatic rings. The average Bonchev–Trinajstić information content (AvgIpc) is 2.36. The van der Waals surface area contributed by atoms with Crippen LogP contribution in [0, 0.1) is 0 Å². The van der Waals surface area contributed by atoms with Crippen molar-refractivity contribution in [3.05, 3.63) is 0 Å². The van der Waals surface area contributed by atoms with Gasteiger partial charge < -0.3 is 20.3 Å². The van der Waals surface area contributed by atoms with Gasteiger partial charge in [-0.15, -0.1) is 0 Å². The van der Waals surface area contributed by atoms with Crippen molar-refractivity contribution < 1.29 is 9.53 Å². The first-order valence-electron chi connectivity index (χ1n) is 8.14. The van der Waals surface area contributed by atoms with Crippen molar-refractivity contribution in [3.8, 4) is 0 Å². The standard InChI is InChI=1S/C16H33N3O2/c1-7-13(18-15(20)21-16(3,4)5)11-17-14-8-9-19(6)12(2)10-14/h12-14,17H,7-11H2,1-6H3,(H,18,20). The third kappa shape index (κ3) is 7.14. The van der Waals surface area contributed by atoms with Crippen LogP contribution in [0.1, 0.15) is 53.9 Å². The van der Waals surface area contributed by atoms with Gasteiger partial charge in [-0.25, -0.2) is 4.79 Å². The number of ether oxygens (including phenoxy) is 1. The highest BCUT2D eigenvalue weighted by atomic mass is 16.6. The molecule has 5 nitrogen and oxygen atoms in total.